The van der Waals surface area contributed by atoms with Gasteiger partial charge in [-0.3, -0.25) is 4.90 Å². The van der Waals surface area contributed by atoms with Crippen LogP contribution in [0.15, 0.2) is 48.5 Å². The molecule has 2 fully saturated rings. The zero-order chi connectivity index (χ0) is 23.3. The minimum Gasteiger partial charge on any atom is -0.486 e. The average Bonchev–Trinajstić information content (AvgIpc) is 3.12. The molecule has 8 heteroatoms. The molecule has 0 aliphatic carbocycles. The standard InChI is InChI=1S/C25H28FN3O3S/c1-33-18-29-17-25(32-24(29)30)9-12-28(13-10-25)11-8-23(20-5-3-6-21(26)15-20)31-22-7-2-4-19(14-22)16-27/h2-7,14-15,23H,8-13,17-18H2,1H3. The van der Waals surface area contributed by atoms with Crippen LogP contribution in [0, 0.1) is 17.1 Å². The van der Waals surface area contributed by atoms with E-state index in [0.29, 0.717) is 30.2 Å². The van der Waals surface area contributed by atoms with Gasteiger partial charge in [0.1, 0.15) is 23.3 Å². The highest BCUT2D eigenvalue weighted by molar-refractivity contribution is 7.98. The molecule has 1 amide bonds. The number of halogens is 1. The topological polar surface area (TPSA) is 65.8 Å². The average molecular weight is 470 g/mol. The van der Waals surface area contributed by atoms with Crippen LogP contribution < -0.4 is 4.74 Å². The summed E-state index contributed by atoms with van der Waals surface area (Å²) in [6, 6.07) is 15.6. The number of amides is 1. The van der Waals surface area contributed by atoms with Crippen LogP contribution in [0.2, 0.25) is 0 Å². The van der Waals surface area contributed by atoms with Crippen molar-refractivity contribution in [2.45, 2.75) is 31.0 Å². The number of hydrogen-bond acceptors (Lipinski definition) is 6. The van der Waals surface area contributed by atoms with Gasteiger partial charge >= 0.3 is 6.09 Å². The summed E-state index contributed by atoms with van der Waals surface area (Å²) in [4.78, 5) is 16.3. The maximum atomic E-state index is 13.9. The van der Waals surface area contributed by atoms with Gasteiger partial charge in [0.05, 0.1) is 24.1 Å². The van der Waals surface area contributed by atoms with Crippen LogP contribution in [0.5, 0.6) is 5.75 Å². The SMILES string of the molecule is CSCN1CC2(CCN(CCC(Oc3cccc(C#N)c3)c3cccc(F)c3)CC2)OC1=O. The first-order valence-corrected chi connectivity index (χ1v) is 12.5. The Hall–Kier alpha value is -2.76. The third-order valence-electron chi connectivity index (χ3n) is 6.26. The van der Waals surface area contributed by atoms with Gasteiger partial charge in [-0.1, -0.05) is 18.2 Å². The Balaban J connectivity index is 1.38. The predicted octanol–water partition coefficient (Wildman–Crippen LogP) is 4.81. The maximum Gasteiger partial charge on any atom is 0.411 e. The van der Waals surface area contributed by atoms with Crippen molar-refractivity contribution in [3.8, 4) is 11.8 Å². The molecule has 2 aliphatic rings. The molecule has 2 aromatic rings. The summed E-state index contributed by atoms with van der Waals surface area (Å²) in [5.41, 5.74) is 0.913. The van der Waals surface area contributed by atoms with Crippen LogP contribution in [-0.2, 0) is 4.74 Å². The smallest absolute Gasteiger partial charge is 0.411 e. The second-order valence-corrected chi connectivity index (χ2v) is 9.43. The van der Waals surface area contributed by atoms with Crippen molar-refractivity contribution in [3.05, 3.63) is 65.5 Å². The van der Waals surface area contributed by atoms with Crippen LogP contribution in [-0.4, -0.2) is 59.8 Å². The highest BCUT2D eigenvalue weighted by Crippen LogP contribution is 2.34. The summed E-state index contributed by atoms with van der Waals surface area (Å²) in [6.07, 6.45) is 3.71. The molecule has 2 heterocycles. The highest BCUT2D eigenvalue weighted by Gasteiger charge is 2.46. The molecule has 2 aromatic carbocycles. The second-order valence-electron chi connectivity index (χ2n) is 8.60. The molecule has 174 valence electrons. The van der Waals surface area contributed by atoms with Crippen LogP contribution in [0.3, 0.4) is 0 Å². The van der Waals surface area contributed by atoms with Gasteiger partial charge in [0.15, 0.2) is 0 Å². The molecule has 0 saturated carbocycles. The molecule has 33 heavy (non-hydrogen) atoms. The second kappa shape index (κ2) is 10.4. The molecular formula is C25H28FN3O3S. The monoisotopic (exact) mass is 469 g/mol. The number of likely N-dealkylation sites (tertiary alicyclic amines) is 1. The van der Waals surface area contributed by atoms with Crippen molar-refractivity contribution in [3.63, 3.8) is 0 Å². The van der Waals surface area contributed by atoms with E-state index in [1.165, 1.54) is 12.1 Å². The molecule has 1 spiro atoms. The van der Waals surface area contributed by atoms with Crippen molar-refractivity contribution in [2.24, 2.45) is 0 Å². The van der Waals surface area contributed by atoms with E-state index in [2.05, 4.69) is 11.0 Å². The Morgan fingerprint density at radius 2 is 2.03 bits per heavy atom. The quantitative estimate of drug-likeness (QED) is 0.553. The minimum atomic E-state index is -0.375. The number of benzene rings is 2. The van der Waals surface area contributed by atoms with E-state index in [1.807, 2.05) is 18.4 Å². The van der Waals surface area contributed by atoms with Gasteiger partial charge in [-0.2, -0.15) is 5.26 Å². The molecule has 1 unspecified atom stereocenters. The summed E-state index contributed by atoms with van der Waals surface area (Å²) >= 11 is 1.62. The van der Waals surface area contributed by atoms with E-state index >= 15 is 0 Å². The summed E-state index contributed by atoms with van der Waals surface area (Å²) in [5, 5.41) is 9.18. The first-order chi connectivity index (χ1) is 16.0. The fraction of sp³-hybridized carbons (Fsp3) is 0.440. The first-order valence-electron chi connectivity index (χ1n) is 11.1. The number of hydrogen-bond donors (Lipinski definition) is 0. The van der Waals surface area contributed by atoms with Crippen LogP contribution in [0.25, 0.3) is 0 Å². The Kier molecular flexibility index (Phi) is 7.41. The van der Waals surface area contributed by atoms with E-state index in [0.717, 1.165) is 38.0 Å². The molecule has 0 bridgehead atoms. The molecule has 0 N–H and O–H groups in total. The number of thioether (sulfide) groups is 1. The van der Waals surface area contributed by atoms with Gasteiger partial charge in [0.2, 0.25) is 0 Å². The van der Waals surface area contributed by atoms with Gasteiger partial charge in [-0.25, -0.2) is 9.18 Å². The van der Waals surface area contributed by atoms with Crippen molar-refractivity contribution >= 4 is 17.9 Å². The van der Waals surface area contributed by atoms with E-state index in [9.17, 15) is 14.4 Å². The highest BCUT2D eigenvalue weighted by atomic mass is 32.2. The Morgan fingerprint density at radius 1 is 1.24 bits per heavy atom. The Morgan fingerprint density at radius 3 is 2.76 bits per heavy atom. The fourth-order valence-electron chi connectivity index (χ4n) is 4.50. The van der Waals surface area contributed by atoms with Crippen molar-refractivity contribution in [1.29, 1.82) is 5.26 Å². The minimum absolute atomic E-state index is 0.211. The summed E-state index contributed by atoms with van der Waals surface area (Å²) in [6.45, 7) is 3.10. The zero-order valence-electron chi connectivity index (χ0n) is 18.7. The molecule has 0 aromatic heterocycles. The lowest BCUT2D eigenvalue weighted by Crippen LogP contribution is -2.47. The fourth-order valence-corrected chi connectivity index (χ4v) is 5.00. The maximum absolute atomic E-state index is 13.9. The normalized spacial score (nSPS) is 18.7. The van der Waals surface area contributed by atoms with E-state index in [4.69, 9.17) is 9.47 Å². The molecule has 1 atom stereocenters. The third-order valence-corrected chi connectivity index (χ3v) is 6.83. The number of carbonyl (C=O) groups excluding carboxylic acids is 1. The van der Waals surface area contributed by atoms with Crippen molar-refractivity contribution in [2.75, 3.05) is 38.3 Å². The first kappa shape index (κ1) is 23.4. The predicted molar refractivity (Wildman–Crippen MR) is 126 cm³/mol. The number of piperidine rings is 1. The van der Waals surface area contributed by atoms with Crippen LogP contribution >= 0.6 is 11.8 Å². The number of rotatable bonds is 8. The largest absolute Gasteiger partial charge is 0.486 e. The molecule has 2 saturated heterocycles. The van der Waals surface area contributed by atoms with E-state index in [-0.39, 0.29) is 23.6 Å². The Bertz CT molecular complexity index is 1020. The van der Waals surface area contributed by atoms with Crippen molar-refractivity contribution in [1.82, 2.24) is 9.80 Å². The molecular weight excluding hydrogens is 441 g/mol. The number of carbonyl (C=O) groups is 1. The van der Waals surface area contributed by atoms with Gasteiger partial charge in [-0.05, 0) is 42.2 Å². The van der Waals surface area contributed by atoms with Crippen LogP contribution in [0.4, 0.5) is 9.18 Å². The van der Waals surface area contributed by atoms with Gasteiger partial charge in [0.25, 0.3) is 0 Å². The summed E-state index contributed by atoms with van der Waals surface area (Å²) in [5.74, 6) is 0.946. The zero-order valence-corrected chi connectivity index (χ0v) is 19.5. The van der Waals surface area contributed by atoms with E-state index in [1.54, 1.807) is 40.9 Å². The van der Waals surface area contributed by atoms with Gasteiger partial charge in [0, 0.05) is 38.9 Å². The van der Waals surface area contributed by atoms with Crippen LogP contribution in [0.1, 0.15) is 36.5 Å². The molecule has 0 radical (unpaired) electrons. The number of nitriles is 1. The number of ether oxygens (including phenoxy) is 2. The molecule has 2 aliphatic heterocycles. The Labute approximate surface area is 198 Å². The third kappa shape index (κ3) is 5.79. The van der Waals surface area contributed by atoms with Gasteiger partial charge < -0.3 is 14.4 Å². The van der Waals surface area contributed by atoms with E-state index < -0.39 is 0 Å². The number of nitrogens with zero attached hydrogens (tertiary/aromatic N) is 3. The van der Waals surface area contributed by atoms with Crippen molar-refractivity contribution < 1.29 is 18.7 Å². The lowest BCUT2D eigenvalue weighted by molar-refractivity contribution is -0.00159. The summed E-state index contributed by atoms with van der Waals surface area (Å²) in [7, 11) is 0. The molecule has 6 nitrogen and oxygen atoms in total. The molecule has 4 rings (SSSR count). The lowest BCUT2D eigenvalue weighted by atomic mass is 9.91. The van der Waals surface area contributed by atoms with Gasteiger partial charge in [-0.15, -0.1) is 11.8 Å². The lowest BCUT2D eigenvalue weighted by Gasteiger charge is -2.37. The summed E-state index contributed by atoms with van der Waals surface area (Å²) < 4.78 is 25.9.